The van der Waals surface area contributed by atoms with Crippen molar-refractivity contribution in [2.45, 2.75) is 32.6 Å². The van der Waals surface area contributed by atoms with E-state index in [1.165, 1.54) is 0 Å². The molecule has 1 aromatic heterocycles. The number of amides is 1. The van der Waals surface area contributed by atoms with Crippen LogP contribution >= 0.6 is 0 Å². The maximum Gasteiger partial charge on any atom is 0.230 e. The van der Waals surface area contributed by atoms with Gasteiger partial charge in [-0.05, 0) is 18.9 Å². The van der Waals surface area contributed by atoms with Crippen LogP contribution in [0, 0.1) is 5.41 Å². The van der Waals surface area contributed by atoms with E-state index in [0.29, 0.717) is 18.2 Å². The molecule has 0 radical (unpaired) electrons. The average molecular weight is 260 g/mol. The van der Waals surface area contributed by atoms with Crippen LogP contribution in [0.2, 0.25) is 0 Å². The van der Waals surface area contributed by atoms with Crippen molar-refractivity contribution in [1.82, 2.24) is 4.98 Å². The molecule has 1 saturated carbocycles. The van der Waals surface area contributed by atoms with Gasteiger partial charge in [0.25, 0.3) is 0 Å². The number of rotatable bonds is 5. The lowest BCUT2D eigenvalue weighted by atomic mass is 9.88. The number of anilines is 1. The third-order valence-electron chi connectivity index (χ3n) is 3.60. The minimum Gasteiger partial charge on any atom is -0.473 e. The molecule has 4 heteroatoms. The van der Waals surface area contributed by atoms with Crippen molar-refractivity contribution >= 4 is 11.6 Å². The van der Waals surface area contributed by atoms with Crippen LogP contribution in [0.3, 0.4) is 0 Å². The van der Waals surface area contributed by atoms with Gasteiger partial charge in [0.1, 0.15) is 6.61 Å². The molecule has 0 saturated heterocycles. The Morgan fingerprint density at radius 3 is 2.84 bits per heavy atom. The molecule has 0 aromatic carbocycles. The van der Waals surface area contributed by atoms with Gasteiger partial charge in [-0.3, -0.25) is 4.79 Å². The third kappa shape index (κ3) is 3.34. The summed E-state index contributed by atoms with van der Waals surface area (Å²) in [6.45, 7) is 6.03. The topological polar surface area (TPSA) is 51.2 Å². The first-order chi connectivity index (χ1) is 9.14. The van der Waals surface area contributed by atoms with Crippen LogP contribution < -0.4 is 10.1 Å². The van der Waals surface area contributed by atoms with Crippen molar-refractivity contribution in [2.75, 3.05) is 11.9 Å². The van der Waals surface area contributed by atoms with Crippen molar-refractivity contribution in [3.05, 3.63) is 31.0 Å². The van der Waals surface area contributed by atoms with Gasteiger partial charge in [0.2, 0.25) is 11.8 Å². The maximum atomic E-state index is 12.2. The lowest BCUT2D eigenvalue weighted by Gasteiger charge is -2.22. The van der Waals surface area contributed by atoms with Crippen LogP contribution in [-0.4, -0.2) is 17.5 Å². The van der Waals surface area contributed by atoms with Gasteiger partial charge in [-0.25, -0.2) is 4.98 Å². The van der Waals surface area contributed by atoms with Crippen LogP contribution in [0.4, 0.5) is 5.69 Å². The van der Waals surface area contributed by atoms with E-state index in [4.69, 9.17) is 4.74 Å². The highest BCUT2D eigenvalue weighted by Crippen LogP contribution is 2.38. The Labute approximate surface area is 113 Å². The number of nitrogens with one attached hydrogen (secondary N) is 1. The van der Waals surface area contributed by atoms with Crippen LogP contribution in [0.5, 0.6) is 5.88 Å². The van der Waals surface area contributed by atoms with Crippen LogP contribution in [0.1, 0.15) is 32.6 Å². The third-order valence-corrected chi connectivity index (χ3v) is 3.60. The van der Waals surface area contributed by atoms with Crippen LogP contribution in [0.15, 0.2) is 31.0 Å². The number of ether oxygens (including phenoxy) is 1. The van der Waals surface area contributed by atoms with Crippen molar-refractivity contribution in [1.29, 1.82) is 0 Å². The van der Waals surface area contributed by atoms with E-state index in [2.05, 4.69) is 16.9 Å². The SMILES string of the molecule is C=CCOc1ccc(NC(=O)C2(C)CCCC2)cn1. The highest BCUT2D eigenvalue weighted by Gasteiger charge is 2.36. The molecular weight excluding hydrogens is 240 g/mol. The lowest BCUT2D eigenvalue weighted by Crippen LogP contribution is -2.30. The zero-order valence-electron chi connectivity index (χ0n) is 11.3. The Morgan fingerprint density at radius 2 is 2.26 bits per heavy atom. The van der Waals surface area contributed by atoms with Gasteiger partial charge in [-0.2, -0.15) is 0 Å². The largest absolute Gasteiger partial charge is 0.473 e. The fraction of sp³-hybridized carbons (Fsp3) is 0.467. The molecule has 0 atom stereocenters. The molecule has 1 N–H and O–H groups in total. The summed E-state index contributed by atoms with van der Waals surface area (Å²) in [4.78, 5) is 16.3. The predicted octanol–water partition coefficient (Wildman–Crippen LogP) is 3.17. The van der Waals surface area contributed by atoms with Gasteiger partial charge in [0.15, 0.2) is 0 Å². The molecule has 19 heavy (non-hydrogen) atoms. The molecule has 1 fully saturated rings. The van der Waals surface area contributed by atoms with Gasteiger partial charge < -0.3 is 10.1 Å². The first-order valence-electron chi connectivity index (χ1n) is 6.65. The van der Waals surface area contributed by atoms with Crippen molar-refractivity contribution in [2.24, 2.45) is 5.41 Å². The summed E-state index contributed by atoms with van der Waals surface area (Å²) in [7, 11) is 0. The fourth-order valence-corrected chi connectivity index (χ4v) is 2.35. The molecular formula is C15H20N2O2. The van der Waals surface area contributed by atoms with E-state index in [1.54, 1.807) is 18.3 Å². The number of aromatic nitrogens is 1. The zero-order valence-corrected chi connectivity index (χ0v) is 11.3. The molecule has 0 bridgehead atoms. The number of nitrogens with zero attached hydrogens (tertiary/aromatic N) is 1. The highest BCUT2D eigenvalue weighted by atomic mass is 16.5. The second-order valence-corrected chi connectivity index (χ2v) is 5.21. The Kier molecular flexibility index (Phi) is 4.20. The van der Waals surface area contributed by atoms with Gasteiger partial charge in [0.05, 0.1) is 11.9 Å². The number of hydrogen-bond acceptors (Lipinski definition) is 3. The second-order valence-electron chi connectivity index (χ2n) is 5.21. The lowest BCUT2D eigenvalue weighted by molar-refractivity contribution is -0.124. The molecule has 1 aliphatic carbocycles. The standard InChI is InChI=1S/C15H20N2O2/c1-3-10-19-13-7-6-12(11-16-13)17-14(18)15(2)8-4-5-9-15/h3,6-7,11H,1,4-5,8-10H2,2H3,(H,17,18). The van der Waals surface area contributed by atoms with E-state index in [1.807, 2.05) is 13.0 Å². The second kappa shape index (κ2) is 5.87. The molecule has 1 amide bonds. The zero-order chi connectivity index (χ0) is 13.7. The van der Waals surface area contributed by atoms with Crippen LogP contribution in [-0.2, 0) is 4.79 Å². The van der Waals surface area contributed by atoms with Gasteiger partial charge in [0, 0.05) is 11.5 Å². The number of pyridine rings is 1. The normalized spacial score (nSPS) is 16.9. The van der Waals surface area contributed by atoms with Crippen LogP contribution in [0.25, 0.3) is 0 Å². The number of carbonyl (C=O) groups excluding carboxylic acids is 1. The fourth-order valence-electron chi connectivity index (χ4n) is 2.35. The Balaban J connectivity index is 1.95. The summed E-state index contributed by atoms with van der Waals surface area (Å²) in [6.07, 6.45) is 7.49. The molecule has 4 nitrogen and oxygen atoms in total. The van der Waals surface area contributed by atoms with E-state index >= 15 is 0 Å². The van der Waals surface area contributed by atoms with E-state index < -0.39 is 0 Å². The summed E-state index contributed by atoms with van der Waals surface area (Å²) >= 11 is 0. The number of carbonyl (C=O) groups is 1. The summed E-state index contributed by atoms with van der Waals surface area (Å²) in [5, 5.41) is 2.93. The Morgan fingerprint density at radius 1 is 1.53 bits per heavy atom. The van der Waals surface area contributed by atoms with E-state index in [-0.39, 0.29) is 11.3 Å². The summed E-state index contributed by atoms with van der Waals surface area (Å²) in [5.74, 6) is 0.622. The maximum absolute atomic E-state index is 12.2. The van der Waals surface area contributed by atoms with E-state index in [0.717, 1.165) is 25.7 Å². The monoisotopic (exact) mass is 260 g/mol. The first kappa shape index (κ1) is 13.6. The summed E-state index contributed by atoms with van der Waals surface area (Å²) < 4.78 is 5.29. The van der Waals surface area contributed by atoms with Crippen molar-refractivity contribution in [3.63, 3.8) is 0 Å². The Bertz CT molecular complexity index is 448. The van der Waals surface area contributed by atoms with E-state index in [9.17, 15) is 4.79 Å². The minimum absolute atomic E-state index is 0.0894. The molecule has 0 unspecified atom stereocenters. The van der Waals surface area contributed by atoms with Gasteiger partial charge >= 0.3 is 0 Å². The minimum atomic E-state index is -0.224. The first-order valence-corrected chi connectivity index (χ1v) is 6.65. The molecule has 2 rings (SSSR count). The molecule has 0 aliphatic heterocycles. The Hall–Kier alpha value is -1.84. The summed E-state index contributed by atoms with van der Waals surface area (Å²) in [5.41, 5.74) is 0.488. The van der Waals surface area contributed by atoms with Crippen molar-refractivity contribution < 1.29 is 9.53 Å². The quantitative estimate of drug-likeness (QED) is 0.827. The highest BCUT2D eigenvalue weighted by molar-refractivity contribution is 5.95. The molecule has 0 spiro atoms. The van der Waals surface area contributed by atoms with Crippen molar-refractivity contribution in [3.8, 4) is 5.88 Å². The predicted molar refractivity (Wildman–Crippen MR) is 75.1 cm³/mol. The summed E-state index contributed by atoms with van der Waals surface area (Å²) in [6, 6.07) is 3.55. The number of hydrogen-bond donors (Lipinski definition) is 1. The average Bonchev–Trinajstić information content (AvgIpc) is 2.86. The van der Waals surface area contributed by atoms with Gasteiger partial charge in [-0.15, -0.1) is 0 Å². The molecule has 1 heterocycles. The smallest absolute Gasteiger partial charge is 0.230 e. The van der Waals surface area contributed by atoms with Gasteiger partial charge in [-0.1, -0.05) is 32.4 Å². The molecule has 1 aromatic rings. The molecule has 102 valence electrons. The molecule has 1 aliphatic rings.